The molecule has 3 aromatic rings. The number of aromatic nitrogens is 2. The molecule has 1 aromatic carbocycles. The highest BCUT2D eigenvalue weighted by atomic mass is 35.5. The Morgan fingerprint density at radius 2 is 1.79 bits per heavy atom. The topological polar surface area (TPSA) is 87.1 Å². The van der Waals surface area contributed by atoms with Gasteiger partial charge in [0.05, 0.1) is 54.7 Å². The van der Waals surface area contributed by atoms with Gasteiger partial charge in [0, 0.05) is 67.8 Å². The highest BCUT2D eigenvalue weighted by molar-refractivity contribution is 6.41. The van der Waals surface area contributed by atoms with E-state index in [-0.39, 0.29) is 27.8 Å². The number of fused-ring (bicyclic) bond motifs is 1. The van der Waals surface area contributed by atoms with E-state index in [0.29, 0.717) is 53.7 Å². The lowest BCUT2D eigenvalue weighted by molar-refractivity contribution is -0.0402. The summed E-state index contributed by atoms with van der Waals surface area (Å²) in [6.07, 6.45) is 3.48. The van der Waals surface area contributed by atoms with Crippen LogP contribution in [0.3, 0.4) is 0 Å². The molecular formula is C31H40Cl2N4O5. The van der Waals surface area contributed by atoms with Gasteiger partial charge in [0.1, 0.15) is 17.3 Å². The molecule has 228 valence electrons. The second-order valence-electron chi connectivity index (χ2n) is 9.52. The lowest BCUT2D eigenvalue weighted by atomic mass is 10.0. The molecule has 3 heterocycles. The van der Waals surface area contributed by atoms with E-state index in [2.05, 4.69) is 28.4 Å². The maximum atomic E-state index is 14.1. The summed E-state index contributed by atoms with van der Waals surface area (Å²) in [4.78, 5) is 20.7. The first-order valence-corrected chi connectivity index (χ1v) is 14.5. The van der Waals surface area contributed by atoms with E-state index in [4.69, 9.17) is 42.1 Å². The molecule has 9 nitrogen and oxygen atoms in total. The van der Waals surface area contributed by atoms with Gasteiger partial charge in [-0.3, -0.25) is 4.79 Å². The molecule has 1 unspecified atom stereocenters. The molecule has 0 radical (unpaired) electrons. The van der Waals surface area contributed by atoms with Gasteiger partial charge in [-0.05, 0) is 19.1 Å². The molecule has 1 aliphatic heterocycles. The minimum atomic E-state index is -0.285. The summed E-state index contributed by atoms with van der Waals surface area (Å²) in [6.45, 7) is 16.3. The Morgan fingerprint density at radius 3 is 2.36 bits per heavy atom. The number of rotatable bonds is 13. The molecule has 1 N–H and O–H groups in total. The van der Waals surface area contributed by atoms with Crippen molar-refractivity contribution in [2.24, 2.45) is 0 Å². The van der Waals surface area contributed by atoms with E-state index < -0.39 is 0 Å². The van der Waals surface area contributed by atoms with Crippen LogP contribution in [0.4, 0.5) is 5.82 Å². The van der Waals surface area contributed by atoms with E-state index in [1.54, 1.807) is 36.1 Å². The Morgan fingerprint density at radius 1 is 1.14 bits per heavy atom. The van der Waals surface area contributed by atoms with Crippen molar-refractivity contribution in [3.63, 3.8) is 0 Å². The third-order valence-corrected chi connectivity index (χ3v) is 7.54. The normalized spacial score (nSPS) is 13.6. The smallest absolute Gasteiger partial charge is 0.259 e. The fourth-order valence-electron chi connectivity index (χ4n) is 4.64. The molecule has 42 heavy (non-hydrogen) atoms. The number of nitrogens with zero attached hydrogens (tertiary/aromatic N) is 3. The molecule has 4 rings (SSSR count). The Labute approximate surface area is 257 Å². The Bertz CT molecular complexity index is 1440. The van der Waals surface area contributed by atoms with Gasteiger partial charge in [-0.15, -0.1) is 0 Å². The molecule has 1 saturated heterocycles. The molecule has 1 fully saturated rings. The predicted molar refractivity (Wildman–Crippen MR) is 172 cm³/mol. The van der Waals surface area contributed by atoms with Gasteiger partial charge < -0.3 is 33.7 Å². The van der Waals surface area contributed by atoms with Gasteiger partial charge in [-0.1, -0.05) is 50.2 Å². The average Bonchev–Trinajstić information content (AvgIpc) is 2.96. The van der Waals surface area contributed by atoms with Crippen LogP contribution < -0.4 is 20.3 Å². The highest BCUT2D eigenvalue weighted by Crippen LogP contribution is 2.45. The molecule has 1 aliphatic rings. The first kappa shape index (κ1) is 33.3. The molecule has 1 atom stereocenters. The minimum Gasteiger partial charge on any atom is -0.495 e. The lowest BCUT2D eigenvalue weighted by Gasteiger charge is -2.40. The van der Waals surface area contributed by atoms with Gasteiger partial charge in [-0.25, -0.2) is 4.98 Å². The number of likely N-dealkylation sites (tertiary alicyclic amines) is 1. The van der Waals surface area contributed by atoms with E-state index in [0.717, 1.165) is 24.2 Å². The Kier molecular flexibility index (Phi) is 12.1. The van der Waals surface area contributed by atoms with Crippen LogP contribution in [0, 0.1) is 0 Å². The van der Waals surface area contributed by atoms with Crippen LogP contribution >= 0.6 is 23.2 Å². The van der Waals surface area contributed by atoms with Crippen LogP contribution in [0.15, 0.2) is 54.1 Å². The third-order valence-electron chi connectivity index (χ3n) is 6.79. The zero-order valence-electron chi connectivity index (χ0n) is 25.1. The van der Waals surface area contributed by atoms with Crippen LogP contribution in [0.2, 0.25) is 10.0 Å². The second-order valence-corrected chi connectivity index (χ2v) is 10.3. The van der Waals surface area contributed by atoms with Gasteiger partial charge in [0.25, 0.3) is 5.56 Å². The van der Waals surface area contributed by atoms with Gasteiger partial charge in [-0.2, -0.15) is 0 Å². The highest BCUT2D eigenvalue weighted by Gasteiger charge is 2.28. The standard InChI is InChI=1S/C29H34Cl2N4O5.C2H6/c1-7-18(3)34-14-20(15-34)40-9-8-35-22-11-25(33-17(2)16-37-4)32-13-19(22)10-21(29(35)36)26-27(30)23(38-5)12-24(39-6)28(26)31;1-2/h7,10-13,17,20H,1,3,8-9,14-16H2,2,4-6H3,(H,32,33);1-2H3. The fraction of sp³-hybridized carbons (Fsp3) is 0.419. The fourth-order valence-corrected chi connectivity index (χ4v) is 5.34. The monoisotopic (exact) mass is 618 g/mol. The van der Waals surface area contributed by atoms with Gasteiger partial charge in [0.2, 0.25) is 0 Å². The minimum absolute atomic E-state index is 0.0199. The summed E-state index contributed by atoms with van der Waals surface area (Å²) in [5, 5.41) is 4.46. The summed E-state index contributed by atoms with van der Waals surface area (Å²) >= 11 is 13.4. The van der Waals surface area contributed by atoms with Crippen molar-refractivity contribution < 1.29 is 18.9 Å². The molecule has 0 aliphatic carbocycles. The maximum absolute atomic E-state index is 14.1. The molecule has 11 heteroatoms. The van der Waals surface area contributed by atoms with Crippen LogP contribution in [0.5, 0.6) is 11.5 Å². The number of methoxy groups -OCH3 is 3. The van der Waals surface area contributed by atoms with Crippen molar-refractivity contribution in [1.29, 1.82) is 0 Å². The number of ether oxygens (including phenoxy) is 4. The van der Waals surface area contributed by atoms with E-state index >= 15 is 0 Å². The van der Waals surface area contributed by atoms with Crippen LogP contribution in [0.1, 0.15) is 20.8 Å². The number of allylic oxidation sites excluding steroid dienone is 1. The zero-order chi connectivity index (χ0) is 31.0. The summed E-state index contributed by atoms with van der Waals surface area (Å²) in [7, 11) is 4.62. The number of halogens is 2. The summed E-state index contributed by atoms with van der Waals surface area (Å²) in [5.41, 5.74) is 1.90. The SMILES string of the molecule is C=CC(=C)N1CC(OCCn2c(=O)c(-c3c(Cl)c(OC)cc(OC)c3Cl)cc3cnc(NC(C)COC)cc32)C1.CC. The maximum Gasteiger partial charge on any atom is 0.259 e. The molecule has 2 aromatic heterocycles. The van der Waals surface area contributed by atoms with Crippen molar-refractivity contribution in [3.8, 4) is 22.6 Å². The number of pyridine rings is 2. The van der Waals surface area contributed by atoms with Crippen molar-refractivity contribution in [3.05, 3.63) is 69.7 Å². The summed E-state index contributed by atoms with van der Waals surface area (Å²) < 4.78 is 23.8. The van der Waals surface area contributed by atoms with Crippen molar-refractivity contribution >= 4 is 39.9 Å². The molecule has 0 saturated carbocycles. The lowest BCUT2D eigenvalue weighted by Crippen LogP contribution is -2.51. The largest absolute Gasteiger partial charge is 0.495 e. The zero-order valence-corrected chi connectivity index (χ0v) is 26.6. The van der Waals surface area contributed by atoms with Crippen LogP contribution in [-0.2, 0) is 16.0 Å². The van der Waals surface area contributed by atoms with E-state index in [1.807, 2.05) is 26.8 Å². The second kappa shape index (κ2) is 15.3. The number of hydrogen-bond acceptors (Lipinski definition) is 8. The van der Waals surface area contributed by atoms with Crippen molar-refractivity contribution in [2.45, 2.75) is 39.5 Å². The molecule has 0 bridgehead atoms. The Hall–Kier alpha value is -3.24. The third kappa shape index (κ3) is 7.21. The van der Waals surface area contributed by atoms with E-state index in [9.17, 15) is 4.79 Å². The number of benzene rings is 1. The summed E-state index contributed by atoms with van der Waals surface area (Å²) in [6, 6.07) is 5.19. The van der Waals surface area contributed by atoms with E-state index in [1.165, 1.54) is 14.2 Å². The quantitative estimate of drug-likeness (QED) is 0.225. The van der Waals surface area contributed by atoms with Crippen molar-refractivity contribution in [2.75, 3.05) is 52.9 Å². The average molecular weight is 620 g/mol. The van der Waals surface area contributed by atoms with Crippen LogP contribution in [0.25, 0.3) is 22.0 Å². The first-order chi connectivity index (χ1) is 20.2. The Balaban J connectivity index is 0.00000237. The number of anilines is 1. The summed E-state index contributed by atoms with van der Waals surface area (Å²) in [5.74, 6) is 1.30. The molecule has 0 spiro atoms. The van der Waals surface area contributed by atoms with Crippen molar-refractivity contribution in [1.82, 2.24) is 14.5 Å². The number of nitrogens with one attached hydrogen (secondary N) is 1. The molecule has 0 amide bonds. The molecular weight excluding hydrogens is 579 g/mol. The number of hydrogen-bond donors (Lipinski definition) is 1. The van der Waals surface area contributed by atoms with Gasteiger partial charge >= 0.3 is 0 Å². The predicted octanol–water partition coefficient (Wildman–Crippen LogP) is 6.26. The van der Waals surface area contributed by atoms with Gasteiger partial charge in [0.15, 0.2) is 0 Å². The first-order valence-electron chi connectivity index (χ1n) is 13.8. The van der Waals surface area contributed by atoms with Crippen LogP contribution in [-0.4, -0.2) is 74.2 Å².